The standard InChI is InChI=1S/C26H23FN2O4S/c1-31-21-10-7-17(8-11-21)13-23-25(30)29(20-5-4-6-22(15-20)32-2)26(28-23)34-16-18-14-19(27)9-12-24(18)33-3/h4-15H,16H2,1-3H3/b23-13-. The van der Waals surface area contributed by atoms with Gasteiger partial charge in [0.2, 0.25) is 0 Å². The summed E-state index contributed by atoms with van der Waals surface area (Å²) in [6.07, 6.45) is 1.73. The van der Waals surface area contributed by atoms with Crippen LogP contribution >= 0.6 is 11.8 Å². The van der Waals surface area contributed by atoms with Gasteiger partial charge in [0.1, 0.15) is 28.8 Å². The van der Waals surface area contributed by atoms with Crippen LogP contribution in [0.25, 0.3) is 6.08 Å². The lowest BCUT2D eigenvalue weighted by atomic mass is 10.2. The number of methoxy groups -OCH3 is 3. The minimum absolute atomic E-state index is 0.266. The summed E-state index contributed by atoms with van der Waals surface area (Å²) in [5, 5.41) is 0.476. The molecule has 0 bridgehead atoms. The molecule has 1 aliphatic heterocycles. The molecule has 0 N–H and O–H groups in total. The van der Waals surface area contributed by atoms with Gasteiger partial charge in [-0.1, -0.05) is 30.0 Å². The first-order valence-electron chi connectivity index (χ1n) is 10.4. The molecule has 1 aliphatic rings. The molecule has 34 heavy (non-hydrogen) atoms. The lowest BCUT2D eigenvalue weighted by Crippen LogP contribution is -2.30. The van der Waals surface area contributed by atoms with Crippen LogP contribution in [0.3, 0.4) is 0 Å². The quantitative estimate of drug-likeness (QED) is 0.418. The molecule has 0 aliphatic carbocycles. The van der Waals surface area contributed by atoms with Crippen LogP contribution in [0.2, 0.25) is 0 Å². The second-order valence-electron chi connectivity index (χ2n) is 7.28. The van der Waals surface area contributed by atoms with Gasteiger partial charge in [0, 0.05) is 17.4 Å². The van der Waals surface area contributed by atoms with Gasteiger partial charge in [-0.3, -0.25) is 9.69 Å². The van der Waals surface area contributed by atoms with Gasteiger partial charge in [0.05, 0.1) is 27.0 Å². The van der Waals surface area contributed by atoms with Crippen LogP contribution < -0.4 is 19.1 Å². The van der Waals surface area contributed by atoms with Crippen molar-refractivity contribution < 1.29 is 23.4 Å². The Balaban J connectivity index is 1.69. The van der Waals surface area contributed by atoms with Crippen molar-refractivity contribution in [1.29, 1.82) is 0 Å². The fraction of sp³-hybridized carbons (Fsp3) is 0.154. The van der Waals surface area contributed by atoms with Gasteiger partial charge in [-0.25, -0.2) is 9.38 Å². The fourth-order valence-corrected chi connectivity index (χ4v) is 4.42. The smallest absolute Gasteiger partial charge is 0.283 e. The van der Waals surface area contributed by atoms with Gasteiger partial charge in [-0.15, -0.1) is 0 Å². The lowest BCUT2D eigenvalue weighted by molar-refractivity contribution is -0.113. The van der Waals surface area contributed by atoms with Crippen molar-refractivity contribution in [3.63, 3.8) is 0 Å². The number of benzene rings is 3. The first kappa shape index (κ1) is 23.4. The molecule has 0 radical (unpaired) electrons. The minimum Gasteiger partial charge on any atom is -0.497 e. The number of amidine groups is 1. The number of ether oxygens (including phenoxy) is 3. The molecular formula is C26H23FN2O4S. The highest BCUT2D eigenvalue weighted by atomic mass is 32.2. The summed E-state index contributed by atoms with van der Waals surface area (Å²) < 4.78 is 29.7. The maximum absolute atomic E-state index is 13.8. The number of carbonyl (C=O) groups excluding carboxylic acids is 1. The third-order valence-corrected chi connectivity index (χ3v) is 6.15. The summed E-state index contributed by atoms with van der Waals surface area (Å²) in [7, 11) is 4.71. The van der Waals surface area contributed by atoms with Crippen LogP contribution in [0.15, 0.2) is 77.4 Å². The van der Waals surface area contributed by atoms with Gasteiger partial charge in [-0.2, -0.15) is 0 Å². The molecule has 0 aromatic heterocycles. The third kappa shape index (κ3) is 5.07. The van der Waals surface area contributed by atoms with Crippen LogP contribution in [0.4, 0.5) is 10.1 Å². The Morgan fingerprint density at radius 2 is 1.71 bits per heavy atom. The average Bonchev–Trinajstić information content (AvgIpc) is 3.18. The number of nitrogens with zero attached hydrogens (tertiary/aromatic N) is 2. The Labute approximate surface area is 201 Å². The molecule has 3 aromatic rings. The van der Waals surface area contributed by atoms with Gasteiger partial charge in [0.25, 0.3) is 5.91 Å². The summed E-state index contributed by atoms with van der Waals surface area (Å²) in [6, 6.07) is 18.9. The number of amides is 1. The highest BCUT2D eigenvalue weighted by molar-refractivity contribution is 8.13. The summed E-state index contributed by atoms with van der Waals surface area (Å²) in [5.41, 5.74) is 2.40. The van der Waals surface area contributed by atoms with Crippen molar-refractivity contribution in [1.82, 2.24) is 0 Å². The summed E-state index contributed by atoms with van der Waals surface area (Å²) >= 11 is 1.32. The molecule has 0 saturated carbocycles. The molecule has 0 saturated heterocycles. The lowest BCUT2D eigenvalue weighted by Gasteiger charge is -2.19. The summed E-state index contributed by atoms with van der Waals surface area (Å²) in [4.78, 5) is 19.6. The van der Waals surface area contributed by atoms with Gasteiger partial charge in [-0.05, 0) is 54.1 Å². The van der Waals surface area contributed by atoms with Gasteiger partial charge < -0.3 is 14.2 Å². The number of anilines is 1. The normalized spacial score (nSPS) is 14.4. The Morgan fingerprint density at radius 1 is 0.941 bits per heavy atom. The van der Waals surface area contributed by atoms with E-state index in [4.69, 9.17) is 14.2 Å². The van der Waals surface area contributed by atoms with Crippen LogP contribution in [0.5, 0.6) is 17.2 Å². The van der Waals surface area contributed by atoms with Crippen molar-refractivity contribution in [2.75, 3.05) is 26.2 Å². The van der Waals surface area contributed by atoms with Gasteiger partial charge >= 0.3 is 0 Å². The molecule has 0 atom stereocenters. The van der Waals surface area contributed by atoms with Crippen molar-refractivity contribution in [2.45, 2.75) is 5.75 Å². The van der Waals surface area contributed by atoms with Crippen molar-refractivity contribution in [3.05, 3.63) is 89.4 Å². The van der Waals surface area contributed by atoms with Crippen LogP contribution in [0, 0.1) is 5.82 Å². The number of hydrogen-bond acceptors (Lipinski definition) is 6. The number of halogens is 1. The first-order valence-corrected chi connectivity index (χ1v) is 11.4. The van der Waals surface area contributed by atoms with Gasteiger partial charge in [0.15, 0.2) is 5.17 Å². The van der Waals surface area contributed by atoms with E-state index in [9.17, 15) is 9.18 Å². The molecule has 8 heteroatoms. The van der Waals surface area contributed by atoms with Crippen LogP contribution in [-0.4, -0.2) is 32.4 Å². The van der Waals surface area contributed by atoms with E-state index in [1.165, 1.54) is 35.9 Å². The maximum atomic E-state index is 13.8. The number of hydrogen-bond donors (Lipinski definition) is 0. The molecule has 0 unspecified atom stereocenters. The van der Waals surface area contributed by atoms with E-state index < -0.39 is 0 Å². The van der Waals surface area contributed by atoms with E-state index in [0.29, 0.717) is 39.4 Å². The monoisotopic (exact) mass is 478 g/mol. The number of aliphatic imine (C=N–C) groups is 1. The predicted molar refractivity (Wildman–Crippen MR) is 133 cm³/mol. The zero-order valence-corrected chi connectivity index (χ0v) is 19.8. The van der Waals surface area contributed by atoms with Crippen LogP contribution in [-0.2, 0) is 10.5 Å². The molecule has 4 rings (SSSR count). The first-order chi connectivity index (χ1) is 16.5. The SMILES string of the molecule is COc1ccc(/C=C2\N=C(SCc3cc(F)ccc3OC)N(c3cccc(OC)c3)C2=O)cc1. The molecule has 174 valence electrons. The van der Waals surface area contributed by atoms with Crippen molar-refractivity contribution in [2.24, 2.45) is 4.99 Å². The molecule has 0 fully saturated rings. The average molecular weight is 479 g/mol. The summed E-state index contributed by atoms with van der Waals surface area (Å²) in [5.74, 6) is 1.66. The zero-order chi connectivity index (χ0) is 24.1. The number of rotatable bonds is 7. The summed E-state index contributed by atoms with van der Waals surface area (Å²) in [6.45, 7) is 0. The second kappa shape index (κ2) is 10.4. The van der Waals surface area contributed by atoms with E-state index in [2.05, 4.69) is 4.99 Å². The second-order valence-corrected chi connectivity index (χ2v) is 8.23. The Hall–Kier alpha value is -3.78. The van der Waals surface area contributed by atoms with E-state index in [-0.39, 0.29) is 11.7 Å². The van der Waals surface area contributed by atoms with E-state index in [1.807, 2.05) is 36.4 Å². The Kier molecular flexibility index (Phi) is 7.18. The topological polar surface area (TPSA) is 60.4 Å². The predicted octanol–water partition coefficient (Wildman–Crippen LogP) is 5.53. The molecule has 6 nitrogen and oxygen atoms in total. The zero-order valence-electron chi connectivity index (χ0n) is 18.9. The third-order valence-electron chi connectivity index (χ3n) is 5.16. The minimum atomic E-state index is -0.356. The highest BCUT2D eigenvalue weighted by Gasteiger charge is 2.32. The Morgan fingerprint density at radius 3 is 2.41 bits per heavy atom. The van der Waals surface area contributed by atoms with Crippen molar-refractivity contribution >= 4 is 34.6 Å². The van der Waals surface area contributed by atoms with E-state index >= 15 is 0 Å². The number of carbonyl (C=O) groups is 1. The number of thioether (sulfide) groups is 1. The maximum Gasteiger partial charge on any atom is 0.283 e. The molecular weight excluding hydrogens is 455 g/mol. The van der Waals surface area contributed by atoms with Crippen LogP contribution in [0.1, 0.15) is 11.1 Å². The van der Waals surface area contributed by atoms with E-state index in [0.717, 1.165) is 11.3 Å². The molecule has 1 heterocycles. The Bertz CT molecular complexity index is 1260. The van der Waals surface area contributed by atoms with E-state index in [1.54, 1.807) is 38.5 Å². The fourth-order valence-electron chi connectivity index (χ4n) is 3.43. The molecule has 0 spiro atoms. The molecule has 3 aromatic carbocycles. The highest BCUT2D eigenvalue weighted by Crippen LogP contribution is 2.34. The van der Waals surface area contributed by atoms with Crippen molar-refractivity contribution in [3.8, 4) is 17.2 Å². The molecule has 1 amide bonds. The largest absolute Gasteiger partial charge is 0.497 e.